The molecule has 2 N–H and O–H groups in total. The van der Waals surface area contributed by atoms with E-state index in [1.807, 2.05) is 37.3 Å². The zero-order valence-electron chi connectivity index (χ0n) is 14.9. The van der Waals surface area contributed by atoms with E-state index >= 15 is 0 Å². The van der Waals surface area contributed by atoms with Crippen LogP contribution in [0.2, 0.25) is 0 Å². The topological polar surface area (TPSA) is 84.9 Å². The van der Waals surface area contributed by atoms with Crippen molar-refractivity contribution in [1.29, 1.82) is 0 Å². The van der Waals surface area contributed by atoms with E-state index in [9.17, 15) is 9.59 Å². The number of benzene rings is 2. The Hall–Kier alpha value is -3.02. The highest BCUT2D eigenvalue weighted by Crippen LogP contribution is 2.28. The molecule has 0 aromatic heterocycles. The van der Waals surface area contributed by atoms with Crippen LogP contribution in [0.4, 0.5) is 0 Å². The number of ether oxygens (including phenoxy) is 2. The Kier molecular flexibility index (Phi) is 7.02. The molecule has 0 bridgehead atoms. The van der Waals surface area contributed by atoms with Gasteiger partial charge >= 0.3 is 5.97 Å². The van der Waals surface area contributed by atoms with E-state index in [2.05, 4.69) is 5.32 Å². The molecule has 0 aliphatic carbocycles. The smallest absolute Gasteiger partial charge is 0.341 e. The van der Waals surface area contributed by atoms with Crippen LogP contribution in [-0.2, 0) is 16.1 Å². The van der Waals surface area contributed by atoms with E-state index in [1.54, 1.807) is 25.3 Å². The van der Waals surface area contributed by atoms with Crippen molar-refractivity contribution in [3.05, 3.63) is 59.7 Å². The quantitative estimate of drug-likeness (QED) is 0.721. The summed E-state index contributed by atoms with van der Waals surface area (Å²) in [6, 6.07) is 14.7. The summed E-state index contributed by atoms with van der Waals surface area (Å²) in [7, 11) is 1.62. The Morgan fingerprint density at radius 1 is 1.15 bits per heavy atom. The summed E-state index contributed by atoms with van der Waals surface area (Å²) in [6.45, 7) is 1.94. The highest BCUT2D eigenvalue weighted by molar-refractivity contribution is 5.77. The van der Waals surface area contributed by atoms with Gasteiger partial charge in [0.05, 0.1) is 7.11 Å². The number of hydrogen-bond donors (Lipinski definition) is 2. The first kappa shape index (κ1) is 19.3. The van der Waals surface area contributed by atoms with Gasteiger partial charge in [-0.15, -0.1) is 0 Å². The third kappa shape index (κ3) is 5.81. The van der Waals surface area contributed by atoms with Gasteiger partial charge in [-0.25, -0.2) is 4.79 Å². The molecule has 0 radical (unpaired) electrons. The highest BCUT2D eigenvalue weighted by Gasteiger charge is 2.15. The highest BCUT2D eigenvalue weighted by atomic mass is 16.5. The lowest BCUT2D eigenvalue weighted by Gasteiger charge is -2.15. The van der Waals surface area contributed by atoms with Crippen LogP contribution in [0.3, 0.4) is 0 Å². The van der Waals surface area contributed by atoms with Crippen LogP contribution in [-0.4, -0.2) is 30.7 Å². The molecule has 0 fully saturated rings. The first-order chi connectivity index (χ1) is 12.5. The second-order valence-electron chi connectivity index (χ2n) is 5.95. The second kappa shape index (κ2) is 9.46. The first-order valence-electron chi connectivity index (χ1n) is 8.32. The molecule has 6 heteroatoms. The molecule has 0 saturated carbocycles. The number of carbonyl (C=O) groups is 2. The second-order valence-corrected chi connectivity index (χ2v) is 5.95. The van der Waals surface area contributed by atoms with Gasteiger partial charge in [-0.1, -0.05) is 37.3 Å². The summed E-state index contributed by atoms with van der Waals surface area (Å²) in [6.07, 6.45) is 0.343. The number of methoxy groups -OCH3 is 1. The molecule has 0 heterocycles. The maximum Gasteiger partial charge on any atom is 0.341 e. The van der Waals surface area contributed by atoms with Gasteiger partial charge in [0.1, 0.15) is 11.5 Å². The van der Waals surface area contributed by atoms with Crippen LogP contribution in [0, 0.1) is 0 Å². The fourth-order valence-electron chi connectivity index (χ4n) is 2.62. The van der Waals surface area contributed by atoms with Gasteiger partial charge in [0.15, 0.2) is 6.61 Å². The third-order valence-electron chi connectivity index (χ3n) is 3.91. The number of carboxylic acids is 1. The lowest BCUT2D eigenvalue weighted by atomic mass is 9.96. The molecule has 6 nitrogen and oxygen atoms in total. The Balaban J connectivity index is 1.88. The fourth-order valence-corrected chi connectivity index (χ4v) is 2.62. The van der Waals surface area contributed by atoms with Crippen LogP contribution < -0.4 is 14.8 Å². The average molecular weight is 357 g/mol. The number of para-hydroxylation sites is 1. The maximum absolute atomic E-state index is 12.2. The largest absolute Gasteiger partial charge is 0.496 e. The van der Waals surface area contributed by atoms with Crippen molar-refractivity contribution in [2.24, 2.45) is 0 Å². The van der Waals surface area contributed by atoms with Gasteiger partial charge in [-0.3, -0.25) is 4.79 Å². The Morgan fingerprint density at radius 2 is 1.92 bits per heavy atom. The number of carbonyl (C=O) groups excluding carboxylic acids is 1. The summed E-state index contributed by atoms with van der Waals surface area (Å²) < 4.78 is 10.5. The zero-order valence-corrected chi connectivity index (χ0v) is 14.9. The average Bonchev–Trinajstić information content (AvgIpc) is 2.65. The molecule has 2 rings (SSSR count). The molecule has 2 aromatic rings. The molecule has 0 spiro atoms. The summed E-state index contributed by atoms with van der Waals surface area (Å²) in [4.78, 5) is 22.8. The number of hydrogen-bond acceptors (Lipinski definition) is 4. The Morgan fingerprint density at radius 3 is 2.65 bits per heavy atom. The molecule has 1 unspecified atom stereocenters. The summed E-state index contributed by atoms with van der Waals surface area (Å²) in [5, 5.41) is 11.5. The molecule has 26 heavy (non-hydrogen) atoms. The molecular weight excluding hydrogens is 334 g/mol. The van der Waals surface area contributed by atoms with E-state index in [1.165, 1.54) is 0 Å². The fraction of sp³-hybridized carbons (Fsp3) is 0.300. The Labute approximate surface area is 152 Å². The minimum Gasteiger partial charge on any atom is -0.496 e. The minimum atomic E-state index is -1.03. The van der Waals surface area contributed by atoms with E-state index in [0.717, 1.165) is 16.9 Å². The van der Waals surface area contributed by atoms with Crippen LogP contribution in [0.25, 0.3) is 0 Å². The number of amides is 1. The predicted molar refractivity (Wildman–Crippen MR) is 97.4 cm³/mol. The number of carboxylic acid groups (broad SMARTS) is 1. The molecule has 138 valence electrons. The zero-order chi connectivity index (χ0) is 18.9. The van der Waals surface area contributed by atoms with Crippen molar-refractivity contribution >= 4 is 11.9 Å². The van der Waals surface area contributed by atoms with E-state index < -0.39 is 12.6 Å². The number of nitrogens with one attached hydrogen (secondary N) is 1. The lowest BCUT2D eigenvalue weighted by Crippen LogP contribution is -2.24. The maximum atomic E-state index is 12.2. The monoisotopic (exact) mass is 357 g/mol. The van der Waals surface area contributed by atoms with Gasteiger partial charge < -0.3 is 19.9 Å². The van der Waals surface area contributed by atoms with Gasteiger partial charge in [0.2, 0.25) is 5.91 Å². The minimum absolute atomic E-state index is 0.0244. The van der Waals surface area contributed by atoms with Crippen molar-refractivity contribution in [1.82, 2.24) is 5.32 Å². The summed E-state index contributed by atoms with van der Waals surface area (Å²) in [5.74, 6) is 0.156. The van der Waals surface area contributed by atoms with Crippen LogP contribution >= 0.6 is 0 Å². The van der Waals surface area contributed by atoms with Crippen LogP contribution in [0.1, 0.15) is 30.4 Å². The third-order valence-corrected chi connectivity index (χ3v) is 3.91. The van der Waals surface area contributed by atoms with Gasteiger partial charge in [0.25, 0.3) is 0 Å². The lowest BCUT2D eigenvalue weighted by molar-refractivity contribution is -0.139. The molecular formula is C20H23NO5. The van der Waals surface area contributed by atoms with E-state index in [-0.39, 0.29) is 11.8 Å². The Bertz CT molecular complexity index is 759. The SMILES string of the molecule is COc1ccccc1C(C)CC(=O)NCc1cccc(OCC(=O)O)c1. The number of rotatable bonds is 9. The van der Waals surface area contributed by atoms with Crippen molar-refractivity contribution in [3.63, 3.8) is 0 Å². The van der Waals surface area contributed by atoms with Crippen LogP contribution in [0.15, 0.2) is 48.5 Å². The van der Waals surface area contributed by atoms with E-state index in [4.69, 9.17) is 14.6 Å². The van der Waals surface area contributed by atoms with Crippen molar-refractivity contribution < 1.29 is 24.2 Å². The predicted octanol–water partition coefficient (Wildman–Crippen LogP) is 2.97. The van der Waals surface area contributed by atoms with Crippen molar-refractivity contribution in [2.45, 2.75) is 25.8 Å². The summed E-state index contributed by atoms with van der Waals surface area (Å²) in [5.41, 5.74) is 1.83. The van der Waals surface area contributed by atoms with Crippen molar-refractivity contribution in [3.8, 4) is 11.5 Å². The van der Waals surface area contributed by atoms with Crippen LogP contribution in [0.5, 0.6) is 11.5 Å². The molecule has 1 atom stereocenters. The molecule has 2 aromatic carbocycles. The molecule has 0 aliphatic heterocycles. The number of aliphatic carboxylic acids is 1. The first-order valence-corrected chi connectivity index (χ1v) is 8.32. The van der Waals surface area contributed by atoms with Gasteiger partial charge in [-0.05, 0) is 35.2 Å². The summed E-state index contributed by atoms with van der Waals surface area (Å²) >= 11 is 0. The normalized spacial score (nSPS) is 11.5. The van der Waals surface area contributed by atoms with Gasteiger partial charge in [0, 0.05) is 13.0 Å². The standard InChI is InChI=1S/C20H23NO5/c1-14(17-8-3-4-9-18(17)25-2)10-19(22)21-12-15-6-5-7-16(11-15)26-13-20(23)24/h3-9,11,14H,10,12-13H2,1-2H3,(H,21,22)(H,23,24). The molecule has 1 amide bonds. The molecule has 0 saturated heterocycles. The van der Waals surface area contributed by atoms with Crippen molar-refractivity contribution in [2.75, 3.05) is 13.7 Å². The molecule has 0 aliphatic rings. The van der Waals surface area contributed by atoms with E-state index in [0.29, 0.717) is 18.7 Å². The van der Waals surface area contributed by atoms with Gasteiger partial charge in [-0.2, -0.15) is 0 Å².